The number of carbonyl (C=O) groups is 1. The maximum Gasteiger partial charge on any atom is 0.251 e. The minimum Gasteiger partial charge on any atom is -0.493 e. The first-order valence-corrected chi connectivity index (χ1v) is 9.58. The van der Waals surface area contributed by atoms with Gasteiger partial charge in [-0.05, 0) is 36.6 Å². The third-order valence-corrected chi connectivity index (χ3v) is 4.35. The fourth-order valence-electron chi connectivity index (χ4n) is 2.77. The Morgan fingerprint density at radius 3 is 2.59 bits per heavy atom. The Labute approximate surface area is 170 Å². The van der Waals surface area contributed by atoms with Gasteiger partial charge in [-0.1, -0.05) is 38.1 Å². The summed E-state index contributed by atoms with van der Waals surface area (Å²) in [5.41, 5.74) is 2.08. The summed E-state index contributed by atoms with van der Waals surface area (Å²) in [6, 6.07) is 16.5. The topological polar surface area (TPSA) is 73.3 Å². The number of aromatic nitrogens is 2. The number of ether oxygens (including phenoxy) is 2. The zero-order valence-corrected chi connectivity index (χ0v) is 16.9. The van der Waals surface area contributed by atoms with Crippen LogP contribution in [0, 0.1) is 5.92 Å². The van der Waals surface area contributed by atoms with Crippen LogP contribution in [0.2, 0.25) is 0 Å². The van der Waals surface area contributed by atoms with E-state index in [4.69, 9.17) is 9.47 Å². The van der Waals surface area contributed by atoms with Crippen LogP contribution in [0.25, 0.3) is 11.3 Å². The second-order valence-electron chi connectivity index (χ2n) is 7.01. The van der Waals surface area contributed by atoms with Crippen molar-refractivity contribution >= 4 is 5.91 Å². The quantitative estimate of drug-likeness (QED) is 0.601. The standard InChI is InChI=1S/C23H25N3O3/c1-16(2)11-12-24-23(27)18-8-6-7-17(13-18)19-14-22(26-15-25-19)29-21-10-5-4-9-20(21)28-3/h4-10,13-16H,11-12H2,1-3H3,(H,24,27). The number of hydrogen-bond donors (Lipinski definition) is 1. The van der Waals surface area contributed by atoms with Crippen molar-refractivity contribution in [2.75, 3.05) is 13.7 Å². The Morgan fingerprint density at radius 2 is 1.83 bits per heavy atom. The van der Waals surface area contributed by atoms with Crippen molar-refractivity contribution in [3.8, 4) is 28.6 Å². The predicted molar refractivity (Wildman–Crippen MR) is 112 cm³/mol. The summed E-state index contributed by atoms with van der Waals surface area (Å²) >= 11 is 0. The molecule has 29 heavy (non-hydrogen) atoms. The summed E-state index contributed by atoms with van der Waals surface area (Å²) in [5, 5.41) is 2.96. The normalized spacial score (nSPS) is 10.6. The second kappa shape index (κ2) is 9.68. The smallest absolute Gasteiger partial charge is 0.251 e. The first-order valence-electron chi connectivity index (χ1n) is 9.58. The minimum absolute atomic E-state index is 0.0907. The van der Waals surface area contributed by atoms with E-state index in [-0.39, 0.29) is 5.91 Å². The van der Waals surface area contributed by atoms with E-state index in [1.165, 1.54) is 6.33 Å². The zero-order chi connectivity index (χ0) is 20.6. The molecule has 150 valence electrons. The second-order valence-corrected chi connectivity index (χ2v) is 7.01. The molecular formula is C23H25N3O3. The molecule has 3 rings (SSSR count). The van der Waals surface area contributed by atoms with Crippen molar-refractivity contribution < 1.29 is 14.3 Å². The van der Waals surface area contributed by atoms with Crippen LogP contribution >= 0.6 is 0 Å². The van der Waals surface area contributed by atoms with Crippen LogP contribution < -0.4 is 14.8 Å². The van der Waals surface area contributed by atoms with Crippen molar-refractivity contribution in [3.05, 3.63) is 66.5 Å². The number of amides is 1. The van der Waals surface area contributed by atoms with Gasteiger partial charge in [0.05, 0.1) is 12.8 Å². The molecule has 6 heteroatoms. The summed E-state index contributed by atoms with van der Waals surface area (Å²) < 4.78 is 11.2. The summed E-state index contributed by atoms with van der Waals surface area (Å²) in [4.78, 5) is 20.9. The monoisotopic (exact) mass is 391 g/mol. The Morgan fingerprint density at radius 1 is 1.03 bits per heavy atom. The van der Waals surface area contributed by atoms with Crippen molar-refractivity contribution in [1.29, 1.82) is 0 Å². The molecule has 0 spiro atoms. The first-order chi connectivity index (χ1) is 14.1. The number of carbonyl (C=O) groups excluding carboxylic acids is 1. The number of nitrogens with one attached hydrogen (secondary N) is 1. The van der Waals surface area contributed by atoms with Gasteiger partial charge < -0.3 is 14.8 Å². The van der Waals surface area contributed by atoms with Gasteiger partial charge in [-0.3, -0.25) is 4.79 Å². The molecule has 0 aliphatic rings. The summed E-state index contributed by atoms with van der Waals surface area (Å²) in [7, 11) is 1.59. The van der Waals surface area contributed by atoms with Crippen molar-refractivity contribution in [1.82, 2.24) is 15.3 Å². The van der Waals surface area contributed by atoms with E-state index in [0.29, 0.717) is 41.1 Å². The Hall–Kier alpha value is -3.41. The van der Waals surface area contributed by atoms with E-state index in [2.05, 4.69) is 29.1 Å². The van der Waals surface area contributed by atoms with Gasteiger partial charge in [-0.15, -0.1) is 0 Å². The number of nitrogens with zero attached hydrogens (tertiary/aromatic N) is 2. The number of benzene rings is 2. The molecule has 6 nitrogen and oxygen atoms in total. The summed E-state index contributed by atoms with van der Waals surface area (Å²) in [5.74, 6) is 2.04. The molecule has 0 saturated heterocycles. The van der Waals surface area contributed by atoms with Crippen LogP contribution in [-0.2, 0) is 0 Å². The van der Waals surface area contributed by atoms with Crippen LogP contribution in [0.15, 0.2) is 60.9 Å². The Balaban J connectivity index is 1.77. The highest BCUT2D eigenvalue weighted by Gasteiger charge is 2.10. The molecule has 2 aromatic carbocycles. The molecule has 0 bridgehead atoms. The van der Waals surface area contributed by atoms with E-state index in [1.807, 2.05) is 42.5 Å². The molecule has 0 radical (unpaired) electrons. The van der Waals surface area contributed by atoms with Gasteiger partial charge >= 0.3 is 0 Å². The minimum atomic E-state index is -0.0907. The SMILES string of the molecule is COc1ccccc1Oc1cc(-c2cccc(C(=O)NCCC(C)C)c2)ncn1. The molecule has 1 N–H and O–H groups in total. The van der Waals surface area contributed by atoms with Gasteiger partial charge in [0.25, 0.3) is 5.91 Å². The third-order valence-electron chi connectivity index (χ3n) is 4.35. The summed E-state index contributed by atoms with van der Waals surface area (Å²) in [6.07, 6.45) is 2.39. The average molecular weight is 391 g/mol. The molecule has 0 aliphatic heterocycles. The van der Waals surface area contributed by atoms with Crippen LogP contribution in [0.5, 0.6) is 17.4 Å². The number of hydrogen-bond acceptors (Lipinski definition) is 5. The fourth-order valence-corrected chi connectivity index (χ4v) is 2.77. The van der Waals surface area contributed by atoms with Crippen LogP contribution in [0.4, 0.5) is 0 Å². The van der Waals surface area contributed by atoms with Crippen LogP contribution in [-0.4, -0.2) is 29.5 Å². The predicted octanol–water partition coefficient (Wildman–Crippen LogP) is 4.72. The van der Waals surface area contributed by atoms with Crippen molar-refractivity contribution in [2.24, 2.45) is 5.92 Å². The van der Waals surface area contributed by atoms with E-state index in [1.54, 1.807) is 19.2 Å². The molecule has 1 heterocycles. The van der Waals surface area contributed by atoms with E-state index in [0.717, 1.165) is 12.0 Å². The molecule has 0 saturated carbocycles. The molecule has 0 fully saturated rings. The number of methoxy groups -OCH3 is 1. The molecule has 1 amide bonds. The van der Waals surface area contributed by atoms with Crippen molar-refractivity contribution in [3.63, 3.8) is 0 Å². The molecule has 1 aromatic heterocycles. The Bertz CT molecular complexity index is 973. The van der Waals surface area contributed by atoms with E-state index < -0.39 is 0 Å². The Kier molecular flexibility index (Phi) is 6.79. The lowest BCUT2D eigenvalue weighted by Gasteiger charge is -2.10. The number of rotatable bonds is 8. The lowest BCUT2D eigenvalue weighted by atomic mass is 10.1. The van der Waals surface area contributed by atoms with Gasteiger partial charge in [-0.2, -0.15) is 0 Å². The zero-order valence-electron chi connectivity index (χ0n) is 16.9. The lowest BCUT2D eigenvalue weighted by Crippen LogP contribution is -2.25. The maximum atomic E-state index is 12.4. The van der Waals surface area contributed by atoms with Gasteiger partial charge in [0.2, 0.25) is 5.88 Å². The average Bonchev–Trinajstić information content (AvgIpc) is 2.74. The molecule has 0 unspecified atom stereocenters. The highest BCUT2D eigenvalue weighted by Crippen LogP contribution is 2.31. The van der Waals surface area contributed by atoms with Crippen molar-refractivity contribution in [2.45, 2.75) is 20.3 Å². The highest BCUT2D eigenvalue weighted by atomic mass is 16.5. The van der Waals surface area contributed by atoms with Crippen LogP contribution in [0.3, 0.4) is 0 Å². The summed E-state index contributed by atoms with van der Waals surface area (Å²) in [6.45, 7) is 4.92. The fraction of sp³-hybridized carbons (Fsp3) is 0.261. The van der Waals surface area contributed by atoms with Gasteiger partial charge in [0, 0.05) is 23.7 Å². The molecular weight excluding hydrogens is 366 g/mol. The molecule has 0 aliphatic carbocycles. The lowest BCUT2D eigenvalue weighted by molar-refractivity contribution is 0.0952. The van der Waals surface area contributed by atoms with Gasteiger partial charge in [0.1, 0.15) is 6.33 Å². The molecule has 3 aromatic rings. The molecule has 0 atom stereocenters. The van der Waals surface area contributed by atoms with Gasteiger partial charge in [-0.25, -0.2) is 9.97 Å². The maximum absolute atomic E-state index is 12.4. The van der Waals surface area contributed by atoms with E-state index >= 15 is 0 Å². The largest absolute Gasteiger partial charge is 0.493 e. The van der Waals surface area contributed by atoms with E-state index in [9.17, 15) is 4.79 Å². The van der Waals surface area contributed by atoms with Gasteiger partial charge in [0.15, 0.2) is 11.5 Å². The highest BCUT2D eigenvalue weighted by molar-refractivity contribution is 5.95. The van der Waals surface area contributed by atoms with Crippen LogP contribution in [0.1, 0.15) is 30.6 Å². The third kappa shape index (κ3) is 5.54. The number of para-hydroxylation sites is 2. The first kappa shape index (κ1) is 20.3.